The van der Waals surface area contributed by atoms with E-state index >= 15 is 0 Å². The molecular weight excluding hydrogens is 358 g/mol. The minimum absolute atomic E-state index is 0.165. The summed E-state index contributed by atoms with van der Waals surface area (Å²) in [6.45, 7) is 0.474. The molecular formula is C20H17N5O3. The Morgan fingerprint density at radius 2 is 2.04 bits per heavy atom. The fourth-order valence-electron chi connectivity index (χ4n) is 3.60. The van der Waals surface area contributed by atoms with Gasteiger partial charge in [0.1, 0.15) is 12.0 Å². The molecule has 0 aliphatic carbocycles. The fraction of sp³-hybridized carbons (Fsp3) is 0.200. The second-order valence-electron chi connectivity index (χ2n) is 6.94. The number of fused-ring (bicyclic) bond motifs is 1. The Balaban J connectivity index is 1.54. The number of carbonyl (C=O) groups is 1. The monoisotopic (exact) mass is 375 g/mol. The van der Waals surface area contributed by atoms with Crippen LogP contribution in [-0.4, -0.2) is 49.3 Å². The first-order chi connectivity index (χ1) is 13.6. The van der Waals surface area contributed by atoms with Gasteiger partial charge in [-0.25, -0.2) is 9.50 Å². The Kier molecular flexibility index (Phi) is 3.56. The summed E-state index contributed by atoms with van der Waals surface area (Å²) in [5, 5.41) is 19.0. The number of carbonyl (C=O) groups excluding carboxylic acids is 1. The van der Waals surface area contributed by atoms with E-state index in [0.29, 0.717) is 12.2 Å². The molecule has 1 fully saturated rings. The molecule has 0 bridgehead atoms. The van der Waals surface area contributed by atoms with Gasteiger partial charge in [0.2, 0.25) is 5.60 Å². The number of likely N-dealkylation sites (N-methyl/N-ethyl adjacent to an activating group) is 1. The van der Waals surface area contributed by atoms with E-state index < -0.39 is 5.60 Å². The van der Waals surface area contributed by atoms with E-state index in [1.54, 1.807) is 17.6 Å². The van der Waals surface area contributed by atoms with E-state index in [4.69, 9.17) is 4.52 Å². The van der Waals surface area contributed by atoms with Crippen LogP contribution in [0.3, 0.4) is 0 Å². The second kappa shape index (κ2) is 6.00. The quantitative estimate of drug-likeness (QED) is 0.589. The predicted molar refractivity (Wildman–Crippen MR) is 100 cm³/mol. The first-order valence-corrected chi connectivity index (χ1v) is 8.90. The molecule has 28 heavy (non-hydrogen) atoms. The number of aromatic nitrogens is 4. The number of rotatable bonds is 3. The maximum absolute atomic E-state index is 12.3. The third-order valence-corrected chi connectivity index (χ3v) is 5.19. The van der Waals surface area contributed by atoms with Crippen molar-refractivity contribution in [1.29, 1.82) is 0 Å². The van der Waals surface area contributed by atoms with Gasteiger partial charge in [0.15, 0.2) is 5.76 Å². The summed E-state index contributed by atoms with van der Waals surface area (Å²) in [6, 6.07) is 13.2. The second-order valence-corrected chi connectivity index (χ2v) is 6.94. The third kappa shape index (κ3) is 2.42. The Morgan fingerprint density at radius 3 is 2.86 bits per heavy atom. The zero-order valence-electron chi connectivity index (χ0n) is 15.1. The minimum Gasteiger partial charge on any atom is -0.373 e. The van der Waals surface area contributed by atoms with Crippen LogP contribution in [0.15, 0.2) is 59.5 Å². The molecule has 0 spiro atoms. The molecule has 0 unspecified atom stereocenters. The average molecular weight is 375 g/mol. The molecule has 140 valence electrons. The summed E-state index contributed by atoms with van der Waals surface area (Å²) < 4.78 is 7.12. The van der Waals surface area contributed by atoms with Gasteiger partial charge >= 0.3 is 0 Å². The molecule has 0 radical (unpaired) electrons. The number of aliphatic hydroxyl groups is 1. The zero-order valence-corrected chi connectivity index (χ0v) is 15.1. The maximum atomic E-state index is 12.3. The molecule has 1 saturated heterocycles. The molecule has 8 heteroatoms. The number of hydrogen-bond donors (Lipinski definition) is 1. The predicted octanol–water partition coefficient (Wildman–Crippen LogP) is 2.10. The highest BCUT2D eigenvalue weighted by atomic mass is 16.5. The number of amides is 1. The van der Waals surface area contributed by atoms with Crippen molar-refractivity contribution in [1.82, 2.24) is 24.7 Å². The van der Waals surface area contributed by atoms with Gasteiger partial charge in [-0.3, -0.25) is 4.79 Å². The SMILES string of the molecule is CN1CC[C@@](O)(c2cc(-c3cccc(-c4ncnn5cccc45)c3)no2)C1=O. The van der Waals surface area contributed by atoms with E-state index in [9.17, 15) is 9.90 Å². The van der Waals surface area contributed by atoms with Gasteiger partial charge in [-0.2, -0.15) is 5.10 Å². The Morgan fingerprint density at radius 1 is 1.18 bits per heavy atom. The molecule has 1 aromatic carbocycles. The highest BCUT2D eigenvalue weighted by Crippen LogP contribution is 2.35. The van der Waals surface area contributed by atoms with Crippen LogP contribution in [0.1, 0.15) is 12.2 Å². The van der Waals surface area contributed by atoms with Gasteiger partial charge in [-0.05, 0) is 18.2 Å². The normalized spacial score (nSPS) is 19.6. The van der Waals surface area contributed by atoms with Crippen LogP contribution in [0, 0.1) is 0 Å². The van der Waals surface area contributed by atoms with E-state index in [2.05, 4.69) is 15.2 Å². The van der Waals surface area contributed by atoms with Crippen molar-refractivity contribution in [2.75, 3.05) is 13.6 Å². The van der Waals surface area contributed by atoms with Crippen molar-refractivity contribution in [3.8, 4) is 22.5 Å². The Bertz CT molecular complexity index is 1200. The molecule has 8 nitrogen and oxygen atoms in total. The van der Waals surface area contributed by atoms with Gasteiger partial charge in [0.25, 0.3) is 5.91 Å². The smallest absolute Gasteiger partial charge is 0.262 e. The summed E-state index contributed by atoms with van der Waals surface area (Å²) in [5.74, 6) is -0.209. The first-order valence-electron chi connectivity index (χ1n) is 8.90. The van der Waals surface area contributed by atoms with Crippen LogP contribution in [0.2, 0.25) is 0 Å². The molecule has 4 heterocycles. The first kappa shape index (κ1) is 16.6. The number of likely N-dealkylation sites (tertiary alicyclic amines) is 1. The van der Waals surface area contributed by atoms with Crippen molar-refractivity contribution >= 4 is 11.4 Å². The van der Waals surface area contributed by atoms with Crippen molar-refractivity contribution in [2.45, 2.75) is 12.0 Å². The van der Waals surface area contributed by atoms with Crippen LogP contribution in [0.4, 0.5) is 0 Å². The minimum atomic E-state index is -1.65. The molecule has 1 atom stereocenters. The average Bonchev–Trinajstić information content (AvgIpc) is 3.45. The van der Waals surface area contributed by atoms with E-state index in [1.165, 1.54) is 11.2 Å². The van der Waals surface area contributed by atoms with Crippen LogP contribution in [0.5, 0.6) is 0 Å². The molecule has 1 amide bonds. The number of hydrogen-bond acceptors (Lipinski definition) is 6. The van der Waals surface area contributed by atoms with Crippen molar-refractivity contribution in [3.63, 3.8) is 0 Å². The van der Waals surface area contributed by atoms with Crippen LogP contribution >= 0.6 is 0 Å². The lowest BCUT2D eigenvalue weighted by Gasteiger charge is -2.16. The fourth-order valence-corrected chi connectivity index (χ4v) is 3.60. The molecule has 1 aliphatic heterocycles. The lowest BCUT2D eigenvalue weighted by atomic mass is 9.97. The highest BCUT2D eigenvalue weighted by molar-refractivity contribution is 5.88. The topological polar surface area (TPSA) is 96.8 Å². The van der Waals surface area contributed by atoms with Crippen molar-refractivity contribution in [2.24, 2.45) is 0 Å². The lowest BCUT2D eigenvalue weighted by Crippen LogP contribution is -2.35. The van der Waals surface area contributed by atoms with E-state index in [-0.39, 0.29) is 18.1 Å². The molecule has 1 aliphatic rings. The standard InChI is InChI=1S/C20H17N5O3/c1-24-9-7-20(27,19(24)26)17-11-15(23-28-17)13-4-2-5-14(10-13)18-16-6-3-8-25(16)22-12-21-18/h2-6,8,10-12,27H,7,9H2,1H3/t20-/m1/s1. The lowest BCUT2D eigenvalue weighted by molar-refractivity contribution is -0.144. The Hall–Kier alpha value is -3.52. The molecule has 1 N–H and O–H groups in total. The van der Waals surface area contributed by atoms with Crippen molar-refractivity contribution in [3.05, 3.63) is 60.7 Å². The zero-order chi connectivity index (χ0) is 19.3. The summed E-state index contributed by atoms with van der Waals surface area (Å²) in [5.41, 5.74) is 2.31. The summed E-state index contributed by atoms with van der Waals surface area (Å²) in [7, 11) is 1.66. The third-order valence-electron chi connectivity index (χ3n) is 5.19. The van der Waals surface area contributed by atoms with E-state index in [1.807, 2.05) is 42.6 Å². The molecule has 4 aromatic rings. The Labute approximate surface area is 160 Å². The van der Waals surface area contributed by atoms with Crippen molar-refractivity contribution < 1.29 is 14.4 Å². The molecule has 0 saturated carbocycles. The summed E-state index contributed by atoms with van der Waals surface area (Å²) in [6.07, 6.45) is 3.66. The van der Waals surface area contributed by atoms with Crippen LogP contribution < -0.4 is 0 Å². The summed E-state index contributed by atoms with van der Waals surface area (Å²) in [4.78, 5) is 18.2. The van der Waals surface area contributed by atoms with Gasteiger partial charge in [0, 0.05) is 43.4 Å². The molecule has 5 rings (SSSR count). The van der Waals surface area contributed by atoms with Gasteiger partial charge < -0.3 is 14.5 Å². The number of benzene rings is 1. The van der Waals surface area contributed by atoms with Gasteiger partial charge in [0.05, 0.1) is 11.2 Å². The van der Waals surface area contributed by atoms with Crippen LogP contribution in [-0.2, 0) is 10.4 Å². The maximum Gasteiger partial charge on any atom is 0.262 e. The summed E-state index contributed by atoms with van der Waals surface area (Å²) >= 11 is 0. The van der Waals surface area contributed by atoms with E-state index in [0.717, 1.165) is 22.3 Å². The molecule has 3 aromatic heterocycles. The largest absolute Gasteiger partial charge is 0.373 e. The number of nitrogens with zero attached hydrogens (tertiary/aromatic N) is 5. The van der Waals surface area contributed by atoms with Gasteiger partial charge in [-0.15, -0.1) is 0 Å². The van der Waals surface area contributed by atoms with Crippen LogP contribution in [0.25, 0.3) is 28.0 Å². The van der Waals surface area contributed by atoms with Gasteiger partial charge in [-0.1, -0.05) is 23.4 Å². The highest BCUT2D eigenvalue weighted by Gasteiger charge is 2.48.